The number of hydrogen-bond acceptors (Lipinski definition) is 6. The molecule has 11 heteroatoms. The average Bonchev–Trinajstić information content (AvgIpc) is 2.72. The summed E-state index contributed by atoms with van der Waals surface area (Å²) < 4.78 is 31.4. The second kappa shape index (κ2) is 10.2. The van der Waals surface area contributed by atoms with E-state index < -0.39 is 33.8 Å². The highest BCUT2D eigenvalue weighted by Crippen LogP contribution is 2.15. The maximum absolute atomic E-state index is 12.4. The molecule has 1 atom stereocenters. The number of carbonyl (C=O) groups excluding carboxylic acids is 3. The Morgan fingerprint density at radius 3 is 2.20 bits per heavy atom. The molecule has 0 radical (unpaired) electrons. The second-order valence-corrected chi connectivity index (χ2v) is 8.27. The first kappa shape index (κ1) is 23.3. The van der Waals surface area contributed by atoms with Gasteiger partial charge in [0.2, 0.25) is 15.9 Å². The molecule has 0 saturated carbocycles. The molecule has 0 heterocycles. The average molecular weight is 454 g/mol. The van der Waals surface area contributed by atoms with Gasteiger partial charge < -0.3 is 15.4 Å². The lowest BCUT2D eigenvalue weighted by Gasteiger charge is -2.15. The third-order valence-electron chi connectivity index (χ3n) is 3.88. The van der Waals surface area contributed by atoms with E-state index >= 15 is 0 Å². The first-order valence-corrected chi connectivity index (χ1v) is 10.5. The van der Waals surface area contributed by atoms with Gasteiger partial charge in [-0.3, -0.25) is 14.4 Å². The Kier molecular flexibility index (Phi) is 7.93. The molecule has 0 saturated heterocycles. The van der Waals surface area contributed by atoms with Crippen LogP contribution in [0.2, 0.25) is 5.02 Å². The highest BCUT2D eigenvalue weighted by molar-refractivity contribution is 7.89. The molecule has 0 fully saturated rings. The van der Waals surface area contributed by atoms with Gasteiger partial charge in [-0.25, -0.2) is 8.42 Å². The number of nitrogens with one attached hydrogen (secondary N) is 3. The number of carbonyl (C=O) groups is 3. The highest BCUT2D eigenvalue weighted by Gasteiger charge is 2.22. The fourth-order valence-electron chi connectivity index (χ4n) is 2.25. The fourth-order valence-corrected chi connectivity index (χ4v) is 3.58. The van der Waals surface area contributed by atoms with Crippen molar-refractivity contribution in [3.63, 3.8) is 0 Å². The number of halogens is 1. The minimum Gasteiger partial charge on any atom is -0.468 e. The van der Waals surface area contributed by atoms with Crippen molar-refractivity contribution in [1.82, 2.24) is 10.0 Å². The molecule has 3 N–H and O–H groups in total. The lowest BCUT2D eigenvalue weighted by atomic mass is 10.2. The molecule has 9 nitrogen and oxygen atoms in total. The summed E-state index contributed by atoms with van der Waals surface area (Å²) in [7, 11) is -2.70. The minimum atomic E-state index is -3.91. The van der Waals surface area contributed by atoms with Crippen LogP contribution in [-0.4, -0.2) is 45.9 Å². The Labute approximate surface area is 178 Å². The monoisotopic (exact) mass is 453 g/mol. The number of methoxy groups -OCH3 is 1. The molecule has 0 bridgehead atoms. The van der Waals surface area contributed by atoms with Crippen molar-refractivity contribution in [3.05, 3.63) is 59.1 Å². The van der Waals surface area contributed by atoms with Crippen LogP contribution in [-0.2, 0) is 24.3 Å². The lowest BCUT2D eigenvalue weighted by Crippen LogP contribution is -2.41. The van der Waals surface area contributed by atoms with Crippen molar-refractivity contribution in [2.45, 2.75) is 17.9 Å². The molecule has 2 aromatic rings. The van der Waals surface area contributed by atoms with Crippen LogP contribution in [0.5, 0.6) is 0 Å². The third-order valence-corrected chi connectivity index (χ3v) is 5.69. The molecular formula is C19H20ClN3O6S. The van der Waals surface area contributed by atoms with E-state index in [-0.39, 0.29) is 17.0 Å². The summed E-state index contributed by atoms with van der Waals surface area (Å²) in [5.41, 5.74) is 0.635. The van der Waals surface area contributed by atoms with Gasteiger partial charge in [0.25, 0.3) is 5.91 Å². The van der Waals surface area contributed by atoms with E-state index in [1.54, 1.807) is 0 Å². The van der Waals surface area contributed by atoms with Crippen molar-refractivity contribution < 1.29 is 27.5 Å². The number of rotatable bonds is 8. The van der Waals surface area contributed by atoms with E-state index in [4.69, 9.17) is 11.6 Å². The fraction of sp³-hybridized carbons (Fsp3) is 0.211. The standard InChI is InChI=1S/C19H20ClN3O6S/c1-12(23-30(27,28)16-9-5-14(20)6-10-16)18(25)22-15-7-3-13(4-8-15)19(26)21-11-17(24)29-2/h3-10,12,23H,11H2,1-2H3,(H,21,26)(H,22,25)/t12-/m0/s1. The van der Waals surface area contributed by atoms with Gasteiger partial charge in [0.05, 0.1) is 18.0 Å². The second-order valence-electron chi connectivity index (χ2n) is 6.12. The third kappa shape index (κ3) is 6.55. The van der Waals surface area contributed by atoms with Crippen LogP contribution >= 0.6 is 11.6 Å². The number of amides is 2. The predicted molar refractivity (Wildman–Crippen MR) is 111 cm³/mol. The van der Waals surface area contributed by atoms with Crippen LogP contribution in [0.4, 0.5) is 5.69 Å². The van der Waals surface area contributed by atoms with E-state index in [0.29, 0.717) is 10.7 Å². The Bertz CT molecular complexity index is 1020. The van der Waals surface area contributed by atoms with Gasteiger partial charge in [-0.15, -0.1) is 0 Å². The number of ether oxygens (including phenoxy) is 1. The zero-order valence-electron chi connectivity index (χ0n) is 16.1. The molecule has 0 aliphatic heterocycles. The molecule has 30 heavy (non-hydrogen) atoms. The van der Waals surface area contributed by atoms with Crippen molar-refractivity contribution in [3.8, 4) is 0 Å². The molecule has 2 aromatic carbocycles. The first-order valence-electron chi connectivity index (χ1n) is 8.66. The first-order chi connectivity index (χ1) is 14.1. The summed E-state index contributed by atoms with van der Waals surface area (Å²) in [6.07, 6.45) is 0. The van der Waals surface area contributed by atoms with Crippen LogP contribution in [0.15, 0.2) is 53.4 Å². The number of sulfonamides is 1. The molecule has 160 valence electrons. The Balaban J connectivity index is 1.95. The van der Waals surface area contributed by atoms with Gasteiger partial charge in [-0.05, 0) is 55.5 Å². The van der Waals surface area contributed by atoms with E-state index in [1.807, 2.05) is 0 Å². The smallest absolute Gasteiger partial charge is 0.325 e. The van der Waals surface area contributed by atoms with E-state index in [9.17, 15) is 22.8 Å². The van der Waals surface area contributed by atoms with Crippen molar-refractivity contribution in [2.75, 3.05) is 19.0 Å². The van der Waals surface area contributed by atoms with Crippen molar-refractivity contribution >= 4 is 45.1 Å². The van der Waals surface area contributed by atoms with E-state index in [2.05, 4.69) is 20.1 Å². The Morgan fingerprint density at radius 2 is 1.63 bits per heavy atom. The van der Waals surface area contributed by atoms with E-state index in [1.165, 1.54) is 62.6 Å². The SMILES string of the molecule is COC(=O)CNC(=O)c1ccc(NC(=O)[C@H](C)NS(=O)(=O)c2ccc(Cl)cc2)cc1. The van der Waals surface area contributed by atoms with Crippen molar-refractivity contribution in [2.24, 2.45) is 0 Å². The summed E-state index contributed by atoms with van der Waals surface area (Å²) in [5, 5.41) is 5.34. The highest BCUT2D eigenvalue weighted by atomic mass is 35.5. The minimum absolute atomic E-state index is 0.0196. The number of benzene rings is 2. The number of esters is 1. The summed E-state index contributed by atoms with van der Waals surface area (Å²) in [6, 6.07) is 10.3. The molecule has 0 aliphatic carbocycles. The summed E-state index contributed by atoms with van der Waals surface area (Å²) >= 11 is 5.75. The van der Waals surface area contributed by atoms with Gasteiger partial charge in [-0.2, -0.15) is 4.72 Å². The molecule has 0 aliphatic rings. The molecule has 2 rings (SSSR count). The number of hydrogen-bond donors (Lipinski definition) is 3. The molecule has 0 unspecified atom stereocenters. The van der Waals surface area contributed by atoms with Crippen LogP contribution in [0, 0.1) is 0 Å². The van der Waals surface area contributed by atoms with Gasteiger partial charge in [0.15, 0.2) is 0 Å². The largest absolute Gasteiger partial charge is 0.468 e. The topological polar surface area (TPSA) is 131 Å². The van der Waals surface area contributed by atoms with Crippen LogP contribution in [0.3, 0.4) is 0 Å². The molecular weight excluding hydrogens is 434 g/mol. The normalized spacial score (nSPS) is 12.0. The number of anilines is 1. The van der Waals surface area contributed by atoms with Gasteiger partial charge in [0, 0.05) is 16.3 Å². The van der Waals surface area contributed by atoms with Crippen molar-refractivity contribution in [1.29, 1.82) is 0 Å². The van der Waals surface area contributed by atoms with Gasteiger partial charge in [-0.1, -0.05) is 11.6 Å². The summed E-state index contributed by atoms with van der Waals surface area (Å²) in [5.74, 6) is -1.65. The maximum Gasteiger partial charge on any atom is 0.325 e. The quantitative estimate of drug-likeness (QED) is 0.520. The Morgan fingerprint density at radius 1 is 1.03 bits per heavy atom. The zero-order chi connectivity index (χ0) is 22.3. The van der Waals surface area contributed by atoms with Gasteiger partial charge in [0.1, 0.15) is 6.54 Å². The summed E-state index contributed by atoms with van der Waals surface area (Å²) in [6.45, 7) is 1.14. The molecule has 2 amide bonds. The Hall–Kier alpha value is -2.95. The lowest BCUT2D eigenvalue weighted by molar-refractivity contribution is -0.139. The molecule has 0 spiro atoms. The van der Waals surface area contributed by atoms with Crippen LogP contribution in [0.1, 0.15) is 17.3 Å². The van der Waals surface area contributed by atoms with E-state index in [0.717, 1.165) is 0 Å². The summed E-state index contributed by atoms with van der Waals surface area (Å²) in [4.78, 5) is 35.3. The zero-order valence-corrected chi connectivity index (χ0v) is 17.7. The predicted octanol–water partition coefficient (Wildman–Crippen LogP) is 1.55. The maximum atomic E-state index is 12.4. The molecule has 0 aromatic heterocycles. The van der Waals surface area contributed by atoms with Gasteiger partial charge >= 0.3 is 5.97 Å². The van der Waals surface area contributed by atoms with Crippen LogP contribution in [0.25, 0.3) is 0 Å². The van der Waals surface area contributed by atoms with Crippen LogP contribution < -0.4 is 15.4 Å².